The van der Waals surface area contributed by atoms with E-state index >= 15 is 0 Å². The summed E-state index contributed by atoms with van der Waals surface area (Å²) < 4.78 is 0. The second-order valence-corrected chi connectivity index (χ2v) is 4.79. The van der Waals surface area contributed by atoms with Crippen LogP contribution in [0.2, 0.25) is 0 Å². The Balaban J connectivity index is 2.34. The molecule has 2 heteroatoms. The smallest absolute Gasteiger partial charge is 0.170 e. The Morgan fingerprint density at radius 2 is 1.76 bits per heavy atom. The minimum absolute atomic E-state index is 0.0438. The SMILES string of the molecule is CC(C)CCCC(=O)CC(=O)c1ccccc1. The predicted octanol–water partition coefficient (Wildman–Crippen LogP) is 3.65. The van der Waals surface area contributed by atoms with Gasteiger partial charge in [0.1, 0.15) is 5.78 Å². The van der Waals surface area contributed by atoms with E-state index < -0.39 is 0 Å². The van der Waals surface area contributed by atoms with Gasteiger partial charge in [-0.05, 0) is 12.3 Å². The Morgan fingerprint density at radius 3 is 2.35 bits per heavy atom. The summed E-state index contributed by atoms with van der Waals surface area (Å²) in [5, 5.41) is 0. The predicted molar refractivity (Wildman–Crippen MR) is 69.1 cm³/mol. The molecule has 0 aromatic heterocycles. The van der Waals surface area contributed by atoms with Crippen LogP contribution in [0, 0.1) is 5.92 Å². The fraction of sp³-hybridized carbons (Fsp3) is 0.467. The largest absolute Gasteiger partial charge is 0.299 e. The number of hydrogen-bond acceptors (Lipinski definition) is 2. The number of carbonyl (C=O) groups excluding carboxylic acids is 2. The summed E-state index contributed by atoms with van der Waals surface area (Å²) >= 11 is 0. The van der Waals surface area contributed by atoms with Gasteiger partial charge in [-0.3, -0.25) is 9.59 Å². The second kappa shape index (κ2) is 7.00. The number of ketones is 2. The third kappa shape index (κ3) is 5.43. The van der Waals surface area contributed by atoms with E-state index in [0.29, 0.717) is 17.9 Å². The van der Waals surface area contributed by atoms with Gasteiger partial charge in [0.25, 0.3) is 0 Å². The Kier molecular flexibility index (Phi) is 5.61. The minimum Gasteiger partial charge on any atom is -0.299 e. The molecule has 1 aromatic carbocycles. The number of benzene rings is 1. The molecule has 1 aromatic rings. The van der Waals surface area contributed by atoms with Crippen LogP contribution in [-0.4, -0.2) is 11.6 Å². The molecule has 0 aliphatic rings. The molecule has 0 radical (unpaired) electrons. The van der Waals surface area contributed by atoms with Crippen molar-refractivity contribution in [1.29, 1.82) is 0 Å². The molecule has 0 saturated heterocycles. The average Bonchev–Trinajstić information content (AvgIpc) is 2.29. The lowest BCUT2D eigenvalue weighted by atomic mass is 10.0. The maximum Gasteiger partial charge on any atom is 0.170 e. The first kappa shape index (κ1) is 13.6. The summed E-state index contributed by atoms with van der Waals surface area (Å²) in [7, 11) is 0. The second-order valence-electron chi connectivity index (χ2n) is 4.79. The van der Waals surface area contributed by atoms with Crippen molar-refractivity contribution in [2.24, 2.45) is 5.92 Å². The zero-order valence-electron chi connectivity index (χ0n) is 10.6. The highest BCUT2D eigenvalue weighted by Crippen LogP contribution is 2.09. The van der Waals surface area contributed by atoms with Crippen LogP contribution < -0.4 is 0 Å². The lowest BCUT2D eigenvalue weighted by Crippen LogP contribution is -2.08. The van der Waals surface area contributed by atoms with E-state index in [1.54, 1.807) is 12.1 Å². The fourth-order valence-electron chi connectivity index (χ4n) is 1.70. The van der Waals surface area contributed by atoms with Gasteiger partial charge in [0.05, 0.1) is 6.42 Å². The molecule has 0 N–H and O–H groups in total. The van der Waals surface area contributed by atoms with E-state index in [2.05, 4.69) is 13.8 Å². The average molecular weight is 232 g/mol. The van der Waals surface area contributed by atoms with Gasteiger partial charge in [0.2, 0.25) is 0 Å². The van der Waals surface area contributed by atoms with Crippen molar-refractivity contribution < 1.29 is 9.59 Å². The van der Waals surface area contributed by atoms with E-state index in [1.165, 1.54) is 0 Å². The Morgan fingerprint density at radius 1 is 1.12 bits per heavy atom. The van der Waals surface area contributed by atoms with Crippen LogP contribution in [0.4, 0.5) is 0 Å². The van der Waals surface area contributed by atoms with Crippen molar-refractivity contribution >= 4 is 11.6 Å². The Bertz CT molecular complexity index is 366. The minimum atomic E-state index is -0.0693. The molecule has 0 heterocycles. The number of hydrogen-bond donors (Lipinski definition) is 0. The number of carbonyl (C=O) groups is 2. The molecule has 0 unspecified atom stereocenters. The molecule has 17 heavy (non-hydrogen) atoms. The first-order valence-corrected chi connectivity index (χ1v) is 6.19. The third-order valence-electron chi connectivity index (χ3n) is 2.69. The van der Waals surface area contributed by atoms with Crippen LogP contribution in [-0.2, 0) is 4.79 Å². The Hall–Kier alpha value is -1.44. The van der Waals surface area contributed by atoms with Gasteiger partial charge in [-0.15, -0.1) is 0 Å². The molecule has 0 bridgehead atoms. The number of Topliss-reactive ketones (excluding diaryl/α,β-unsaturated/α-hetero) is 2. The van der Waals surface area contributed by atoms with Crippen molar-refractivity contribution in [3.63, 3.8) is 0 Å². The van der Waals surface area contributed by atoms with Crippen molar-refractivity contribution in [2.45, 2.75) is 39.5 Å². The standard InChI is InChI=1S/C15H20O2/c1-12(2)7-6-10-14(16)11-15(17)13-8-4-3-5-9-13/h3-5,8-9,12H,6-7,10-11H2,1-2H3. The molecule has 0 saturated carbocycles. The van der Waals surface area contributed by atoms with Gasteiger partial charge >= 0.3 is 0 Å². The van der Waals surface area contributed by atoms with E-state index in [4.69, 9.17) is 0 Å². The van der Waals surface area contributed by atoms with E-state index in [-0.39, 0.29) is 18.0 Å². The highest BCUT2D eigenvalue weighted by Gasteiger charge is 2.11. The number of rotatable bonds is 7. The maximum absolute atomic E-state index is 11.7. The molecule has 0 amide bonds. The van der Waals surface area contributed by atoms with Crippen molar-refractivity contribution in [1.82, 2.24) is 0 Å². The monoisotopic (exact) mass is 232 g/mol. The molecule has 92 valence electrons. The normalized spacial score (nSPS) is 10.5. The summed E-state index contributed by atoms with van der Waals surface area (Å²) in [6.07, 6.45) is 2.50. The molecule has 1 rings (SSSR count). The quantitative estimate of drug-likeness (QED) is 0.531. The molecule has 2 nitrogen and oxygen atoms in total. The van der Waals surface area contributed by atoms with Crippen LogP contribution >= 0.6 is 0 Å². The van der Waals surface area contributed by atoms with Crippen LogP contribution in [0.15, 0.2) is 30.3 Å². The zero-order valence-corrected chi connectivity index (χ0v) is 10.6. The lowest BCUT2D eigenvalue weighted by molar-refractivity contribution is -0.118. The molecule has 0 spiro atoms. The first-order chi connectivity index (χ1) is 8.09. The molecule has 0 fully saturated rings. The van der Waals surface area contributed by atoms with Crippen LogP contribution in [0.5, 0.6) is 0 Å². The van der Waals surface area contributed by atoms with Gasteiger partial charge in [-0.25, -0.2) is 0 Å². The van der Waals surface area contributed by atoms with Crippen LogP contribution in [0.25, 0.3) is 0 Å². The molecule has 0 aliphatic carbocycles. The van der Waals surface area contributed by atoms with Gasteiger partial charge in [-0.1, -0.05) is 50.6 Å². The molecule has 0 aliphatic heterocycles. The highest BCUT2D eigenvalue weighted by atomic mass is 16.1. The summed E-state index contributed by atoms with van der Waals surface area (Å²) in [5.41, 5.74) is 0.629. The van der Waals surface area contributed by atoms with Crippen LogP contribution in [0.3, 0.4) is 0 Å². The summed E-state index contributed by atoms with van der Waals surface area (Å²) in [4.78, 5) is 23.3. The summed E-state index contributed by atoms with van der Waals surface area (Å²) in [6, 6.07) is 9.00. The zero-order chi connectivity index (χ0) is 12.7. The van der Waals surface area contributed by atoms with Gasteiger partial charge in [-0.2, -0.15) is 0 Å². The fourth-order valence-corrected chi connectivity index (χ4v) is 1.70. The van der Waals surface area contributed by atoms with E-state index in [9.17, 15) is 9.59 Å². The summed E-state index contributed by atoms with van der Waals surface area (Å²) in [5.74, 6) is 0.604. The molecular formula is C15H20O2. The molecular weight excluding hydrogens is 212 g/mol. The van der Waals surface area contributed by atoms with Crippen molar-refractivity contribution in [3.8, 4) is 0 Å². The van der Waals surface area contributed by atoms with Gasteiger partial charge in [0, 0.05) is 12.0 Å². The van der Waals surface area contributed by atoms with E-state index in [1.807, 2.05) is 18.2 Å². The maximum atomic E-state index is 11.7. The van der Waals surface area contributed by atoms with Gasteiger partial charge in [0.15, 0.2) is 5.78 Å². The van der Waals surface area contributed by atoms with Crippen molar-refractivity contribution in [3.05, 3.63) is 35.9 Å². The molecule has 0 atom stereocenters. The highest BCUT2D eigenvalue weighted by molar-refractivity contribution is 6.07. The summed E-state index contributed by atoms with van der Waals surface area (Å²) in [6.45, 7) is 4.28. The van der Waals surface area contributed by atoms with Crippen molar-refractivity contribution in [2.75, 3.05) is 0 Å². The van der Waals surface area contributed by atoms with Gasteiger partial charge < -0.3 is 0 Å². The lowest BCUT2D eigenvalue weighted by Gasteiger charge is -2.03. The Labute approximate surface area is 103 Å². The van der Waals surface area contributed by atoms with Crippen LogP contribution in [0.1, 0.15) is 49.9 Å². The van der Waals surface area contributed by atoms with E-state index in [0.717, 1.165) is 12.8 Å². The topological polar surface area (TPSA) is 34.1 Å². The third-order valence-corrected chi connectivity index (χ3v) is 2.69. The first-order valence-electron chi connectivity index (χ1n) is 6.19.